The van der Waals surface area contributed by atoms with Crippen LogP contribution in [0.25, 0.3) is 0 Å². The van der Waals surface area contributed by atoms with E-state index in [1.807, 2.05) is 0 Å². The van der Waals surface area contributed by atoms with Gasteiger partial charge in [-0.05, 0) is 25.7 Å². The van der Waals surface area contributed by atoms with Gasteiger partial charge in [0.1, 0.15) is 6.42 Å². The van der Waals surface area contributed by atoms with E-state index in [1.54, 1.807) is 6.07 Å². The molecular formula is C14H23NO4. The van der Waals surface area contributed by atoms with Crippen LogP contribution >= 0.6 is 0 Å². The van der Waals surface area contributed by atoms with Gasteiger partial charge in [-0.15, -0.1) is 0 Å². The number of hydrogen-bond acceptors (Lipinski definition) is 5. The van der Waals surface area contributed by atoms with E-state index in [-0.39, 0.29) is 6.42 Å². The molecule has 0 aliphatic carbocycles. The summed E-state index contributed by atoms with van der Waals surface area (Å²) in [6, 6.07) is 1.59. The maximum Gasteiger partial charge on any atom is 0.345 e. The fraction of sp³-hybridized carbons (Fsp3) is 0.786. The second-order valence-electron chi connectivity index (χ2n) is 5.36. The lowest BCUT2D eigenvalue weighted by atomic mass is 9.97. The van der Waals surface area contributed by atoms with Crippen LogP contribution in [0.5, 0.6) is 0 Å². The zero-order chi connectivity index (χ0) is 14.9. The number of aliphatic hydroxyl groups is 1. The molecule has 0 aromatic carbocycles. The predicted octanol–water partition coefficient (Wildman–Crippen LogP) is 2.33. The van der Waals surface area contributed by atoms with Crippen molar-refractivity contribution in [2.75, 3.05) is 0 Å². The highest BCUT2D eigenvalue weighted by Gasteiger charge is 2.33. The third-order valence-electron chi connectivity index (χ3n) is 2.81. The standard InChI is InChI=1S/C14H23NO4/c1-11(2)7-5-4-6-9-14(3,18)13(17)19-12(16)8-10-15/h11,18H,4-9H2,1-3H3. The zero-order valence-electron chi connectivity index (χ0n) is 11.9. The first-order valence-electron chi connectivity index (χ1n) is 6.64. The average Bonchev–Trinajstić information content (AvgIpc) is 2.28. The van der Waals surface area contributed by atoms with Crippen molar-refractivity contribution in [3.05, 3.63) is 0 Å². The Bertz CT molecular complexity index is 342. The molecule has 1 atom stereocenters. The van der Waals surface area contributed by atoms with Crippen molar-refractivity contribution in [3.63, 3.8) is 0 Å². The topological polar surface area (TPSA) is 87.4 Å². The fourth-order valence-electron chi connectivity index (χ4n) is 1.61. The Hall–Kier alpha value is -1.41. The summed E-state index contributed by atoms with van der Waals surface area (Å²) in [5, 5.41) is 18.2. The van der Waals surface area contributed by atoms with E-state index in [0.717, 1.165) is 19.3 Å². The Kier molecular flexibility index (Phi) is 8.01. The summed E-state index contributed by atoms with van der Waals surface area (Å²) in [5.41, 5.74) is -1.66. The Balaban J connectivity index is 3.99. The first kappa shape index (κ1) is 17.6. The molecule has 5 nitrogen and oxygen atoms in total. The van der Waals surface area contributed by atoms with Crippen molar-refractivity contribution in [1.29, 1.82) is 5.26 Å². The number of nitriles is 1. The van der Waals surface area contributed by atoms with Gasteiger partial charge in [0.05, 0.1) is 6.07 Å². The molecule has 0 radical (unpaired) electrons. The normalized spacial score (nSPS) is 13.7. The highest BCUT2D eigenvalue weighted by molar-refractivity contribution is 5.90. The minimum atomic E-state index is -1.66. The molecule has 0 spiro atoms. The SMILES string of the molecule is CC(C)CCCCCC(C)(O)C(=O)OC(=O)CC#N. The minimum Gasteiger partial charge on any atom is -0.390 e. The largest absolute Gasteiger partial charge is 0.390 e. The molecule has 0 amide bonds. The first-order valence-corrected chi connectivity index (χ1v) is 6.64. The lowest BCUT2D eigenvalue weighted by Gasteiger charge is -2.20. The molecule has 0 saturated heterocycles. The second kappa shape index (κ2) is 8.65. The molecule has 108 valence electrons. The van der Waals surface area contributed by atoms with Crippen molar-refractivity contribution < 1.29 is 19.4 Å². The van der Waals surface area contributed by atoms with Gasteiger partial charge in [-0.1, -0.05) is 33.1 Å². The van der Waals surface area contributed by atoms with Crippen LogP contribution in [0, 0.1) is 17.2 Å². The Morgan fingerprint density at radius 1 is 1.32 bits per heavy atom. The van der Waals surface area contributed by atoms with E-state index in [9.17, 15) is 14.7 Å². The van der Waals surface area contributed by atoms with Crippen molar-refractivity contribution in [2.45, 2.75) is 64.9 Å². The summed E-state index contributed by atoms with van der Waals surface area (Å²) in [4.78, 5) is 22.5. The molecule has 0 heterocycles. The van der Waals surface area contributed by atoms with Gasteiger partial charge in [0.15, 0.2) is 5.60 Å². The fourth-order valence-corrected chi connectivity index (χ4v) is 1.61. The summed E-state index contributed by atoms with van der Waals surface area (Å²) >= 11 is 0. The molecule has 5 heteroatoms. The highest BCUT2D eigenvalue weighted by atomic mass is 16.6. The quantitative estimate of drug-likeness (QED) is 0.415. The maximum absolute atomic E-state index is 11.5. The van der Waals surface area contributed by atoms with Crippen molar-refractivity contribution >= 4 is 11.9 Å². The molecule has 19 heavy (non-hydrogen) atoms. The number of rotatable bonds is 8. The average molecular weight is 269 g/mol. The third-order valence-corrected chi connectivity index (χ3v) is 2.81. The van der Waals surface area contributed by atoms with E-state index in [1.165, 1.54) is 6.92 Å². The van der Waals surface area contributed by atoms with E-state index in [0.29, 0.717) is 12.3 Å². The lowest BCUT2D eigenvalue weighted by Crippen LogP contribution is -2.38. The number of ether oxygens (including phenoxy) is 1. The van der Waals surface area contributed by atoms with E-state index >= 15 is 0 Å². The molecular weight excluding hydrogens is 246 g/mol. The summed E-state index contributed by atoms with van der Waals surface area (Å²) < 4.78 is 4.40. The smallest absolute Gasteiger partial charge is 0.345 e. The Labute approximate surface area is 114 Å². The summed E-state index contributed by atoms with van der Waals surface area (Å²) in [6.45, 7) is 5.63. The van der Waals surface area contributed by atoms with Crippen LogP contribution in [-0.2, 0) is 14.3 Å². The maximum atomic E-state index is 11.5. The number of nitrogens with zero attached hydrogens (tertiary/aromatic N) is 1. The molecule has 1 N–H and O–H groups in total. The van der Waals surface area contributed by atoms with Gasteiger partial charge in [-0.3, -0.25) is 4.79 Å². The summed E-state index contributed by atoms with van der Waals surface area (Å²) in [5.74, 6) is -1.25. The van der Waals surface area contributed by atoms with E-state index in [4.69, 9.17) is 5.26 Å². The molecule has 0 aliphatic rings. The Morgan fingerprint density at radius 3 is 2.47 bits per heavy atom. The monoisotopic (exact) mass is 269 g/mol. The molecule has 0 saturated carbocycles. The molecule has 0 bridgehead atoms. The van der Waals surface area contributed by atoms with Gasteiger partial charge in [0, 0.05) is 0 Å². The van der Waals surface area contributed by atoms with Crippen LogP contribution in [0.3, 0.4) is 0 Å². The van der Waals surface area contributed by atoms with Crippen molar-refractivity contribution in [3.8, 4) is 6.07 Å². The van der Waals surface area contributed by atoms with Crippen LogP contribution in [0.4, 0.5) is 0 Å². The van der Waals surface area contributed by atoms with Crippen LogP contribution in [0.1, 0.15) is 59.3 Å². The third kappa shape index (κ3) is 8.33. The predicted molar refractivity (Wildman–Crippen MR) is 69.9 cm³/mol. The molecule has 0 fully saturated rings. The zero-order valence-corrected chi connectivity index (χ0v) is 11.9. The molecule has 0 aromatic rings. The van der Waals surface area contributed by atoms with E-state index in [2.05, 4.69) is 18.6 Å². The minimum absolute atomic E-state index is 0.254. The Morgan fingerprint density at radius 2 is 1.95 bits per heavy atom. The summed E-state index contributed by atoms with van der Waals surface area (Å²) in [6.07, 6.45) is 3.55. The number of unbranched alkanes of at least 4 members (excludes halogenated alkanes) is 2. The van der Waals surface area contributed by atoms with Crippen molar-refractivity contribution in [2.24, 2.45) is 5.92 Å². The molecule has 1 unspecified atom stereocenters. The first-order chi connectivity index (χ1) is 8.79. The van der Waals surface area contributed by atoms with Crippen LogP contribution in [-0.4, -0.2) is 22.6 Å². The second-order valence-corrected chi connectivity index (χ2v) is 5.36. The van der Waals surface area contributed by atoms with Gasteiger partial charge >= 0.3 is 11.9 Å². The highest BCUT2D eigenvalue weighted by Crippen LogP contribution is 2.18. The number of esters is 2. The van der Waals surface area contributed by atoms with Gasteiger partial charge in [-0.2, -0.15) is 5.26 Å². The van der Waals surface area contributed by atoms with Gasteiger partial charge in [0.2, 0.25) is 0 Å². The lowest BCUT2D eigenvalue weighted by molar-refractivity contribution is -0.173. The van der Waals surface area contributed by atoms with Gasteiger partial charge in [-0.25, -0.2) is 4.79 Å². The van der Waals surface area contributed by atoms with Crippen LogP contribution < -0.4 is 0 Å². The van der Waals surface area contributed by atoms with E-state index < -0.39 is 24.0 Å². The molecule has 0 aliphatic heterocycles. The number of carbonyl (C=O) groups excluding carboxylic acids is 2. The van der Waals surface area contributed by atoms with Crippen LogP contribution in [0.2, 0.25) is 0 Å². The molecule has 0 aromatic heterocycles. The van der Waals surface area contributed by atoms with Crippen molar-refractivity contribution in [1.82, 2.24) is 0 Å². The van der Waals surface area contributed by atoms with Gasteiger partial charge in [0.25, 0.3) is 0 Å². The summed E-state index contributed by atoms with van der Waals surface area (Å²) in [7, 11) is 0. The van der Waals surface area contributed by atoms with Crippen LogP contribution in [0.15, 0.2) is 0 Å². The molecule has 0 rings (SSSR count). The van der Waals surface area contributed by atoms with Gasteiger partial charge < -0.3 is 9.84 Å². The number of hydrogen-bond donors (Lipinski definition) is 1. The number of carbonyl (C=O) groups is 2.